The first kappa shape index (κ1) is 17.4. The monoisotopic (exact) mass is 351 g/mol. The lowest BCUT2D eigenvalue weighted by molar-refractivity contribution is -0.117. The fourth-order valence-electron chi connectivity index (χ4n) is 2.64. The van der Waals surface area contributed by atoms with Crippen LogP contribution in [0, 0.1) is 0 Å². The molecule has 1 heterocycles. The number of benzene rings is 2. The van der Waals surface area contributed by atoms with Crippen molar-refractivity contribution < 1.29 is 9.21 Å². The van der Waals surface area contributed by atoms with Crippen LogP contribution in [-0.4, -0.2) is 11.2 Å². The number of rotatable bonds is 7. The van der Waals surface area contributed by atoms with E-state index in [4.69, 9.17) is 4.42 Å². The number of hydrogen-bond acceptors (Lipinski definition) is 3. The van der Waals surface area contributed by atoms with E-state index in [2.05, 4.69) is 0 Å². The van der Waals surface area contributed by atoms with Crippen LogP contribution in [0.4, 0.5) is 11.4 Å². The van der Waals surface area contributed by atoms with Gasteiger partial charge in [0.15, 0.2) is 0 Å². The van der Waals surface area contributed by atoms with E-state index in [1.54, 1.807) is 18.0 Å². The Bertz CT molecular complexity index is 733. The van der Waals surface area contributed by atoms with Crippen LogP contribution >= 0.6 is 11.8 Å². The molecule has 0 radical (unpaired) electrons. The van der Waals surface area contributed by atoms with Gasteiger partial charge >= 0.3 is 0 Å². The van der Waals surface area contributed by atoms with E-state index >= 15 is 0 Å². The predicted octanol–water partition coefficient (Wildman–Crippen LogP) is 5.66. The summed E-state index contributed by atoms with van der Waals surface area (Å²) >= 11 is 1.62. The number of nitrogens with zero attached hydrogens (tertiary/aromatic N) is 1. The summed E-state index contributed by atoms with van der Waals surface area (Å²) in [5.74, 6) is 1.67. The van der Waals surface area contributed by atoms with Crippen molar-refractivity contribution in [3.8, 4) is 0 Å². The van der Waals surface area contributed by atoms with Crippen molar-refractivity contribution in [2.45, 2.75) is 24.3 Å². The summed E-state index contributed by atoms with van der Waals surface area (Å²) in [6.07, 6.45) is 2.43. The molecule has 4 heteroatoms. The number of thioether (sulfide) groups is 1. The first-order valence-corrected chi connectivity index (χ1v) is 9.42. The zero-order valence-electron chi connectivity index (χ0n) is 14.2. The second kappa shape index (κ2) is 8.58. The second-order valence-corrected chi connectivity index (χ2v) is 6.82. The molecule has 128 valence electrons. The van der Waals surface area contributed by atoms with Crippen LogP contribution < -0.4 is 4.90 Å². The highest BCUT2D eigenvalue weighted by molar-refractivity contribution is 7.99. The highest BCUT2D eigenvalue weighted by Gasteiger charge is 2.26. The normalized spacial score (nSPS) is 11.9. The van der Waals surface area contributed by atoms with Crippen molar-refractivity contribution >= 4 is 29.0 Å². The summed E-state index contributed by atoms with van der Waals surface area (Å²) in [5, 5.41) is -0.134. The van der Waals surface area contributed by atoms with E-state index in [9.17, 15) is 4.79 Å². The zero-order chi connectivity index (χ0) is 17.5. The minimum atomic E-state index is -0.134. The molecular formula is C21H21NO2S. The van der Waals surface area contributed by atoms with Gasteiger partial charge in [0.25, 0.3) is 0 Å². The van der Waals surface area contributed by atoms with Crippen molar-refractivity contribution in [3.05, 3.63) is 84.8 Å². The third-order valence-electron chi connectivity index (χ3n) is 3.90. The molecule has 2 aromatic carbocycles. The molecular weight excluding hydrogens is 330 g/mol. The van der Waals surface area contributed by atoms with Crippen molar-refractivity contribution in [1.82, 2.24) is 0 Å². The molecule has 3 nitrogen and oxygen atoms in total. The molecule has 0 bridgehead atoms. The van der Waals surface area contributed by atoms with E-state index in [-0.39, 0.29) is 11.2 Å². The second-order valence-electron chi connectivity index (χ2n) is 5.63. The highest BCUT2D eigenvalue weighted by atomic mass is 32.2. The number of furan rings is 1. The van der Waals surface area contributed by atoms with E-state index in [1.807, 2.05) is 84.6 Å². The molecule has 1 aromatic heterocycles. The Morgan fingerprint density at radius 3 is 2.04 bits per heavy atom. The first-order valence-electron chi connectivity index (χ1n) is 8.37. The van der Waals surface area contributed by atoms with Gasteiger partial charge in [0, 0.05) is 11.4 Å². The average Bonchev–Trinajstić information content (AvgIpc) is 3.18. The van der Waals surface area contributed by atoms with Crippen molar-refractivity contribution in [3.63, 3.8) is 0 Å². The SMILES string of the molecule is CCC(SCc1ccco1)C(=O)N(c1ccccc1)c1ccccc1. The molecule has 0 saturated carbocycles. The van der Waals surface area contributed by atoms with Crippen LogP contribution in [0.25, 0.3) is 0 Å². The van der Waals surface area contributed by atoms with E-state index in [1.165, 1.54) is 0 Å². The highest BCUT2D eigenvalue weighted by Crippen LogP contribution is 2.30. The molecule has 25 heavy (non-hydrogen) atoms. The molecule has 0 N–H and O–H groups in total. The lowest BCUT2D eigenvalue weighted by Crippen LogP contribution is -2.34. The fraction of sp³-hybridized carbons (Fsp3) is 0.190. The Hall–Kier alpha value is -2.46. The fourth-order valence-corrected chi connectivity index (χ4v) is 3.66. The Kier molecular flexibility index (Phi) is 5.96. The third-order valence-corrected chi connectivity index (χ3v) is 5.29. The summed E-state index contributed by atoms with van der Waals surface area (Å²) < 4.78 is 5.39. The van der Waals surface area contributed by atoms with Crippen LogP contribution in [-0.2, 0) is 10.5 Å². The third kappa shape index (κ3) is 4.34. The zero-order valence-corrected chi connectivity index (χ0v) is 15.0. The Morgan fingerprint density at radius 1 is 0.960 bits per heavy atom. The van der Waals surface area contributed by atoms with E-state index < -0.39 is 0 Å². The van der Waals surface area contributed by atoms with Gasteiger partial charge in [0.05, 0.1) is 17.3 Å². The van der Waals surface area contributed by atoms with E-state index in [0.717, 1.165) is 23.6 Å². The quantitative estimate of drug-likeness (QED) is 0.551. The molecule has 3 aromatic rings. The molecule has 0 spiro atoms. The minimum Gasteiger partial charge on any atom is -0.468 e. The van der Waals surface area contributed by atoms with Gasteiger partial charge in [-0.2, -0.15) is 0 Å². The molecule has 1 atom stereocenters. The number of para-hydroxylation sites is 2. The molecule has 0 aliphatic carbocycles. The van der Waals surface area contributed by atoms with E-state index in [0.29, 0.717) is 5.75 Å². The molecule has 0 aliphatic heterocycles. The van der Waals surface area contributed by atoms with Crippen molar-refractivity contribution in [2.24, 2.45) is 0 Å². The largest absolute Gasteiger partial charge is 0.468 e. The molecule has 0 saturated heterocycles. The Balaban J connectivity index is 1.85. The lowest BCUT2D eigenvalue weighted by atomic mass is 10.2. The maximum atomic E-state index is 13.3. The van der Waals surface area contributed by atoms with Gasteiger partial charge in [-0.3, -0.25) is 9.69 Å². The van der Waals surface area contributed by atoms with Crippen LogP contribution in [0.1, 0.15) is 19.1 Å². The van der Waals surface area contributed by atoms with Gasteiger partial charge in [-0.15, -0.1) is 11.8 Å². The summed E-state index contributed by atoms with van der Waals surface area (Å²) in [5.41, 5.74) is 1.77. The van der Waals surface area contributed by atoms with Gasteiger partial charge < -0.3 is 4.42 Å². The smallest absolute Gasteiger partial charge is 0.244 e. The van der Waals surface area contributed by atoms with Gasteiger partial charge in [0.2, 0.25) is 5.91 Å². The topological polar surface area (TPSA) is 33.5 Å². The molecule has 1 unspecified atom stereocenters. The predicted molar refractivity (Wildman–Crippen MR) is 104 cm³/mol. The molecule has 0 aliphatic rings. The summed E-state index contributed by atoms with van der Waals surface area (Å²) in [6, 6.07) is 23.4. The van der Waals surface area contributed by atoms with Crippen molar-refractivity contribution in [2.75, 3.05) is 4.90 Å². The molecule has 1 amide bonds. The number of carbonyl (C=O) groups excluding carboxylic acids is 1. The van der Waals surface area contributed by atoms with Crippen LogP contribution in [0.2, 0.25) is 0 Å². The summed E-state index contributed by atoms with van der Waals surface area (Å²) in [4.78, 5) is 15.1. The average molecular weight is 351 g/mol. The number of amides is 1. The molecule has 0 fully saturated rings. The van der Waals surface area contributed by atoms with Crippen LogP contribution in [0.15, 0.2) is 83.5 Å². The van der Waals surface area contributed by atoms with Gasteiger partial charge in [-0.05, 0) is 42.8 Å². The maximum Gasteiger partial charge on any atom is 0.244 e. The van der Waals surface area contributed by atoms with Gasteiger partial charge in [0.1, 0.15) is 5.76 Å². The number of anilines is 2. The van der Waals surface area contributed by atoms with Crippen LogP contribution in [0.3, 0.4) is 0 Å². The number of carbonyl (C=O) groups is 1. The standard InChI is InChI=1S/C21H21NO2S/c1-2-20(25-16-19-14-9-15-24-19)21(23)22(17-10-5-3-6-11-17)18-12-7-4-8-13-18/h3-15,20H,2,16H2,1H3. The Labute approximate surface area is 152 Å². The van der Waals surface area contributed by atoms with Crippen molar-refractivity contribution in [1.29, 1.82) is 0 Å². The van der Waals surface area contributed by atoms with Gasteiger partial charge in [-0.25, -0.2) is 0 Å². The maximum absolute atomic E-state index is 13.3. The Morgan fingerprint density at radius 2 is 1.56 bits per heavy atom. The van der Waals surface area contributed by atoms with Crippen LogP contribution in [0.5, 0.6) is 0 Å². The molecule has 3 rings (SSSR count). The van der Waals surface area contributed by atoms with Gasteiger partial charge in [-0.1, -0.05) is 43.3 Å². The summed E-state index contributed by atoms with van der Waals surface area (Å²) in [6.45, 7) is 2.05. The lowest BCUT2D eigenvalue weighted by Gasteiger charge is -2.27. The minimum absolute atomic E-state index is 0.0939. The first-order chi connectivity index (χ1) is 12.3. The number of hydrogen-bond donors (Lipinski definition) is 0. The summed E-state index contributed by atoms with van der Waals surface area (Å²) in [7, 11) is 0.